The number of nitrogens with two attached hydrogens (primary N) is 1. The number of fused-ring (bicyclic) bond motifs is 1. The summed E-state index contributed by atoms with van der Waals surface area (Å²) in [6.45, 7) is 6.28. The zero-order valence-electron chi connectivity index (χ0n) is 9.74. The van der Waals surface area contributed by atoms with Gasteiger partial charge in [-0.15, -0.1) is 0 Å². The molecule has 2 rings (SSSR count). The lowest BCUT2D eigenvalue weighted by Crippen LogP contribution is -2.13. The molecule has 1 aromatic carbocycles. The first-order chi connectivity index (χ1) is 7.50. The van der Waals surface area contributed by atoms with Gasteiger partial charge in [0.1, 0.15) is 5.82 Å². The Balaban J connectivity index is 2.67. The molecule has 86 valence electrons. The first-order valence-electron chi connectivity index (χ1n) is 5.43. The van der Waals surface area contributed by atoms with E-state index < -0.39 is 0 Å². The van der Waals surface area contributed by atoms with Crippen molar-refractivity contribution in [3.63, 3.8) is 0 Å². The lowest BCUT2D eigenvalue weighted by molar-refractivity contribution is 0.421. The summed E-state index contributed by atoms with van der Waals surface area (Å²) in [4.78, 5) is 4.23. The first-order valence-corrected chi connectivity index (χ1v) is 5.43. The molecular formula is C12H16FN3. The topological polar surface area (TPSA) is 43.8 Å². The molecule has 0 fully saturated rings. The van der Waals surface area contributed by atoms with Crippen LogP contribution in [0.4, 0.5) is 10.3 Å². The Labute approximate surface area is 94.1 Å². The minimum Gasteiger partial charge on any atom is -0.369 e. The van der Waals surface area contributed by atoms with Crippen molar-refractivity contribution in [2.24, 2.45) is 5.92 Å². The molecule has 0 bridgehead atoms. The van der Waals surface area contributed by atoms with Crippen molar-refractivity contribution in [1.82, 2.24) is 9.55 Å². The highest BCUT2D eigenvalue weighted by atomic mass is 19.1. The molecule has 1 aromatic heterocycles. The number of imidazole rings is 1. The maximum atomic E-state index is 13.2. The van der Waals surface area contributed by atoms with Gasteiger partial charge in [-0.2, -0.15) is 0 Å². The Kier molecular flexibility index (Phi) is 2.58. The summed E-state index contributed by atoms with van der Waals surface area (Å²) >= 11 is 0. The lowest BCUT2D eigenvalue weighted by atomic mass is 10.1. The summed E-state index contributed by atoms with van der Waals surface area (Å²) in [6, 6.07) is 4.74. The molecule has 0 aliphatic heterocycles. The van der Waals surface area contributed by atoms with Gasteiger partial charge in [-0.05, 0) is 31.0 Å². The van der Waals surface area contributed by atoms with Gasteiger partial charge in [0, 0.05) is 6.04 Å². The van der Waals surface area contributed by atoms with Crippen molar-refractivity contribution in [3.05, 3.63) is 24.0 Å². The highest BCUT2D eigenvalue weighted by Crippen LogP contribution is 2.27. The molecule has 1 atom stereocenters. The van der Waals surface area contributed by atoms with Crippen LogP contribution in [0.2, 0.25) is 0 Å². The number of benzene rings is 1. The molecule has 0 saturated heterocycles. The summed E-state index contributed by atoms with van der Waals surface area (Å²) in [5, 5.41) is 0. The molecule has 4 heteroatoms. The van der Waals surface area contributed by atoms with E-state index in [0.29, 0.717) is 11.9 Å². The second-order valence-electron chi connectivity index (χ2n) is 4.46. The number of hydrogen-bond donors (Lipinski definition) is 1. The fourth-order valence-electron chi connectivity index (χ4n) is 1.81. The standard InChI is InChI=1S/C12H16FN3/c1-7(2)8(3)16-11-6-9(13)4-5-10(11)15-12(16)14/h4-8H,1-3H3,(H2,14,15). The van der Waals surface area contributed by atoms with Crippen LogP contribution in [0.3, 0.4) is 0 Å². The van der Waals surface area contributed by atoms with Crippen LogP contribution in [0.1, 0.15) is 26.8 Å². The summed E-state index contributed by atoms with van der Waals surface area (Å²) in [6.07, 6.45) is 0. The molecule has 0 spiro atoms. The molecule has 0 radical (unpaired) electrons. The van der Waals surface area contributed by atoms with E-state index >= 15 is 0 Å². The Morgan fingerprint density at radius 2 is 2.00 bits per heavy atom. The molecule has 1 heterocycles. The Morgan fingerprint density at radius 3 is 2.62 bits per heavy atom. The lowest BCUT2D eigenvalue weighted by Gasteiger charge is -2.19. The average molecular weight is 221 g/mol. The second-order valence-corrected chi connectivity index (χ2v) is 4.46. The third-order valence-electron chi connectivity index (χ3n) is 3.05. The van der Waals surface area contributed by atoms with E-state index in [1.807, 2.05) is 4.57 Å². The van der Waals surface area contributed by atoms with Crippen molar-refractivity contribution in [2.45, 2.75) is 26.8 Å². The second kappa shape index (κ2) is 3.77. The van der Waals surface area contributed by atoms with Crippen LogP contribution in [0.5, 0.6) is 0 Å². The number of anilines is 1. The maximum absolute atomic E-state index is 13.2. The Bertz CT molecular complexity index is 516. The van der Waals surface area contributed by atoms with Gasteiger partial charge in [0.25, 0.3) is 0 Å². The predicted octanol–water partition coefficient (Wildman–Crippen LogP) is 2.97. The number of aromatic nitrogens is 2. The van der Waals surface area contributed by atoms with Gasteiger partial charge in [0.2, 0.25) is 5.95 Å². The molecule has 0 amide bonds. The van der Waals surface area contributed by atoms with Gasteiger partial charge < -0.3 is 10.3 Å². The molecule has 16 heavy (non-hydrogen) atoms. The van der Waals surface area contributed by atoms with Crippen LogP contribution >= 0.6 is 0 Å². The van der Waals surface area contributed by atoms with E-state index in [1.165, 1.54) is 12.1 Å². The van der Waals surface area contributed by atoms with Gasteiger partial charge in [-0.25, -0.2) is 9.37 Å². The van der Waals surface area contributed by atoms with Crippen LogP contribution < -0.4 is 5.73 Å². The number of hydrogen-bond acceptors (Lipinski definition) is 2. The van der Waals surface area contributed by atoms with Gasteiger partial charge in [0.15, 0.2) is 0 Å². The average Bonchev–Trinajstić information content (AvgIpc) is 2.52. The Morgan fingerprint density at radius 1 is 1.31 bits per heavy atom. The molecule has 0 aliphatic rings. The molecule has 3 nitrogen and oxygen atoms in total. The van der Waals surface area contributed by atoms with Gasteiger partial charge >= 0.3 is 0 Å². The normalized spacial score (nSPS) is 13.6. The number of nitrogen functional groups attached to an aromatic ring is 1. The summed E-state index contributed by atoms with van der Waals surface area (Å²) in [7, 11) is 0. The van der Waals surface area contributed by atoms with Crippen LogP contribution in [-0.2, 0) is 0 Å². The zero-order valence-corrected chi connectivity index (χ0v) is 9.74. The van der Waals surface area contributed by atoms with E-state index in [4.69, 9.17) is 5.73 Å². The highest BCUT2D eigenvalue weighted by Gasteiger charge is 2.16. The van der Waals surface area contributed by atoms with Crippen molar-refractivity contribution in [3.8, 4) is 0 Å². The molecule has 2 N–H and O–H groups in total. The molecule has 2 aromatic rings. The summed E-state index contributed by atoms with van der Waals surface area (Å²) < 4.78 is 15.1. The Hall–Kier alpha value is -1.58. The molecular weight excluding hydrogens is 205 g/mol. The van der Waals surface area contributed by atoms with Crippen LogP contribution in [-0.4, -0.2) is 9.55 Å². The van der Waals surface area contributed by atoms with Crippen LogP contribution in [0, 0.1) is 11.7 Å². The quantitative estimate of drug-likeness (QED) is 0.847. The molecule has 1 unspecified atom stereocenters. The van der Waals surface area contributed by atoms with Crippen molar-refractivity contribution >= 4 is 17.0 Å². The highest BCUT2D eigenvalue weighted by molar-refractivity contribution is 5.78. The minimum atomic E-state index is -0.260. The maximum Gasteiger partial charge on any atom is 0.201 e. The predicted molar refractivity (Wildman–Crippen MR) is 63.7 cm³/mol. The van der Waals surface area contributed by atoms with Gasteiger partial charge in [-0.3, -0.25) is 0 Å². The SMILES string of the molecule is CC(C)C(C)n1c(N)nc2ccc(F)cc21. The summed E-state index contributed by atoms with van der Waals surface area (Å²) in [5.41, 5.74) is 7.38. The largest absolute Gasteiger partial charge is 0.369 e. The fraction of sp³-hybridized carbons (Fsp3) is 0.417. The summed E-state index contributed by atoms with van der Waals surface area (Å²) in [5.74, 6) is 0.606. The van der Waals surface area contributed by atoms with E-state index in [1.54, 1.807) is 6.07 Å². The molecule has 0 aliphatic carbocycles. The van der Waals surface area contributed by atoms with E-state index in [9.17, 15) is 4.39 Å². The van der Waals surface area contributed by atoms with Gasteiger partial charge in [0.05, 0.1) is 11.0 Å². The monoisotopic (exact) mass is 221 g/mol. The number of nitrogens with zero attached hydrogens (tertiary/aromatic N) is 2. The van der Waals surface area contributed by atoms with Crippen molar-refractivity contribution < 1.29 is 4.39 Å². The van der Waals surface area contributed by atoms with Crippen molar-refractivity contribution in [2.75, 3.05) is 5.73 Å². The molecule has 0 saturated carbocycles. The zero-order chi connectivity index (χ0) is 11.9. The fourth-order valence-corrected chi connectivity index (χ4v) is 1.81. The van der Waals surface area contributed by atoms with Crippen LogP contribution in [0.25, 0.3) is 11.0 Å². The van der Waals surface area contributed by atoms with E-state index in [2.05, 4.69) is 25.8 Å². The number of rotatable bonds is 2. The van der Waals surface area contributed by atoms with E-state index in [-0.39, 0.29) is 11.9 Å². The van der Waals surface area contributed by atoms with Crippen molar-refractivity contribution in [1.29, 1.82) is 0 Å². The smallest absolute Gasteiger partial charge is 0.201 e. The first kappa shape index (κ1) is 10.9. The van der Waals surface area contributed by atoms with E-state index in [0.717, 1.165) is 11.0 Å². The third kappa shape index (κ3) is 1.64. The minimum absolute atomic E-state index is 0.201. The van der Waals surface area contributed by atoms with Gasteiger partial charge in [-0.1, -0.05) is 13.8 Å². The third-order valence-corrected chi connectivity index (χ3v) is 3.05. The van der Waals surface area contributed by atoms with Crippen LogP contribution in [0.15, 0.2) is 18.2 Å². The number of halogens is 1.